The van der Waals surface area contributed by atoms with Crippen LogP contribution in [0.4, 0.5) is 0 Å². The molecule has 1 atom stereocenters. The van der Waals surface area contributed by atoms with Crippen molar-refractivity contribution in [1.29, 1.82) is 0 Å². The minimum Gasteiger partial charge on any atom is -0.459 e. The van der Waals surface area contributed by atoms with Crippen LogP contribution in [0.15, 0.2) is 30.9 Å². The highest BCUT2D eigenvalue weighted by atomic mass is 16.6. The van der Waals surface area contributed by atoms with Crippen LogP contribution in [-0.4, -0.2) is 25.3 Å². The van der Waals surface area contributed by atoms with Crippen molar-refractivity contribution in [3.63, 3.8) is 0 Å². The maximum Gasteiger partial charge on any atom is 0.338 e. The molecular formula is C14H16O3. The van der Waals surface area contributed by atoms with Crippen molar-refractivity contribution < 1.29 is 14.3 Å². The Hall–Kier alpha value is -1.61. The highest BCUT2D eigenvalue weighted by Crippen LogP contribution is 2.17. The lowest BCUT2D eigenvalue weighted by Crippen LogP contribution is -2.12. The summed E-state index contributed by atoms with van der Waals surface area (Å²) < 4.78 is 10.2. The smallest absolute Gasteiger partial charge is 0.338 e. The maximum atomic E-state index is 11.9. The Bertz CT molecular complexity index is 433. The zero-order valence-electron chi connectivity index (χ0n) is 9.94. The molecule has 0 spiro atoms. The Labute approximate surface area is 101 Å². The molecule has 0 saturated carbocycles. The van der Waals surface area contributed by atoms with E-state index in [0.29, 0.717) is 25.2 Å². The van der Waals surface area contributed by atoms with Crippen molar-refractivity contribution in [3.05, 3.63) is 47.5 Å². The van der Waals surface area contributed by atoms with Gasteiger partial charge in [0.25, 0.3) is 0 Å². The number of aryl methyl sites for hydroxylation is 1. The van der Waals surface area contributed by atoms with Crippen LogP contribution in [-0.2, 0) is 15.9 Å². The average Bonchev–Trinajstić information content (AvgIpc) is 3.13. The first kappa shape index (κ1) is 11.9. The standard InChI is InChI=1S/C14H16O3/c1-3-5-12-10(2)6-4-7-13(12)14(15)17-9-11-8-16-11/h3-4,6-7,11H,1,5,8-9H2,2H3. The molecule has 1 heterocycles. The largest absolute Gasteiger partial charge is 0.459 e. The predicted octanol–water partition coefficient (Wildman–Crippen LogP) is 2.28. The summed E-state index contributed by atoms with van der Waals surface area (Å²) in [5.41, 5.74) is 2.71. The zero-order chi connectivity index (χ0) is 12.3. The summed E-state index contributed by atoms with van der Waals surface area (Å²) >= 11 is 0. The van der Waals surface area contributed by atoms with Gasteiger partial charge in [-0.1, -0.05) is 18.2 Å². The van der Waals surface area contributed by atoms with Crippen LogP contribution in [0.25, 0.3) is 0 Å². The van der Waals surface area contributed by atoms with Gasteiger partial charge in [-0.2, -0.15) is 0 Å². The lowest BCUT2D eigenvalue weighted by atomic mass is 9.99. The van der Waals surface area contributed by atoms with Gasteiger partial charge in [0.15, 0.2) is 0 Å². The second-order valence-electron chi connectivity index (χ2n) is 4.15. The molecule has 1 aliphatic rings. The normalized spacial score (nSPS) is 17.6. The molecule has 1 fully saturated rings. The van der Waals surface area contributed by atoms with Gasteiger partial charge in [0.1, 0.15) is 12.7 Å². The molecule has 0 N–H and O–H groups in total. The Morgan fingerprint density at radius 3 is 3.06 bits per heavy atom. The highest BCUT2D eigenvalue weighted by Gasteiger charge is 2.25. The predicted molar refractivity (Wildman–Crippen MR) is 65.1 cm³/mol. The molecule has 0 radical (unpaired) electrons. The third-order valence-electron chi connectivity index (χ3n) is 2.78. The topological polar surface area (TPSA) is 38.8 Å². The number of benzene rings is 1. The van der Waals surface area contributed by atoms with Gasteiger partial charge in [-0.05, 0) is 30.5 Å². The van der Waals surface area contributed by atoms with Crippen molar-refractivity contribution in [2.24, 2.45) is 0 Å². The molecule has 0 bridgehead atoms. The molecule has 1 saturated heterocycles. The molecule has 1 unspecified atom stereocenters. The van der Waals surface area contributed by atoms with Crippen LogP contribution in [0.1, 0.15) is 21.5 Å². The molecule has 1 aromatic rings. The highest BCUT2D eigenvalue weighted by molar-refractivity contribution is 5.91. The van der Waals surface area contributed by atoms with E-state index in [9.17, 15) is 4.79 Å². The second kappa shape index (κ2) is 5.15. The van der Waals surface area contributed by atoms with Crippen molar-refractivity contribution in [1.82, 2.24) is 0 Å². The summed E-state index contributed by atoms with van der Waals surface area (Å²) in [7, 11) is 0. The Balaban J connectivity index is 2.13. The number of hydrogen-bond donors (Lipinski definition) is 0. The number of ether oxygens (including phenoxy) is 2. The molecule has 90 valence electrons. The van der Waals surface area contributed by atoms with Crippen molar-refractivity contribution >= 4 is 5.97 Å². The van der Waals surface area contributed by atoms with Gasteiger partial charge in [-0.15, -0.1) is 6.58 Å². The first-order valence-electron chi connectivity index (χ1n) is 5.70. The summed E-state index contributed by atoms with van der Waals surface area (Å²) in [4.78, 5) is 11.9. The lowest BCUT2D eigenvalue weighted by Gasteiger charge is -2.10. The van der Waals surface area contributed by atoms with Gasteiger partial charge in [0.2, 0.25) is 0 Å². The van der Waals surface area contributed by atoms with Crippen LogP contribution in [0.3, 0.4) is 0 Å². The minimum absolute atomic E-state index is 0.103. The van der Waals surface area contributed by atoms with Gasteiger partial charge >= 0.3 is 5.97 Å². The van der Waals surface area contributed by atoms with Crippen LogP contribution in [0, 0.1) is 6.92 Å². The summed E-state index contributed by atoms with van der Waals surface area (Å²) in [5.74, 6) is -0.277. The number of carbonyl (C=O) groups is 1. The Kier molecular flexibility index (Phi) is 3.59. The van der Waals surface area contributed by atoms with Gasteiger partial charge in [-0.25, -0.2) is 4.79 Å². The molecule has 2 rings (SSSR count). The second-order valence-corrected chi connectivity index (χ2v) is 4.15. The number of allylic oxidation sites excluding steroid dienone is 1. The van der Waals surface area contributed by atoms with Gasteiger partial charge < -0.3 is 9.47 Å². The fraction of sp³-hybridized carbons (Fsp3) is 0.357. The maximum absolute atomic E-state index is 11.9. The van der Waals surface area contributed by atoms with E-state index in [0.717, 1.165) is 11.1 Å². The number of hydrogen-bond acceptors (Lipinski definition) is 3. The van der Waals surface area contributed by atoms with E-state index in [2.05, 4.69) is 6.58 Å². The fourth-order valence-electron chi connectivity index (χ4n) is 1.72. The average molecular weight is 232 g/mol. The third kappa shape index (κ3) is 2.94. The first-order chi connectivity index (χ1) is 8.22. The number of esters is 1. The quantitative estimate of drug-likeness (QED) is 0.444. The van der Waals surface area contributed by atoms with E-state index in [4.69, 9.17) is 9.47 Å². The SMILES string of the molecule is C=CCc1c(C)cccc1C(=O)OCC1CO1. The molecular weight excluding hydrogens is 216 g/mol. The van der Waals surface area contributed by atoms with E-state index in [1.807, 2.05) is 19.1 Å². The van der Waals surface area contributed by atoms with Gasteiger partial charge in [0.05, 0.1) is 12.2 Å². The van der Waals surface area contributed by atoms with Crippen molar-refractivity contribution in [2.45, 2.75) is 19.4 Å². The van der Waals surface area contributed by atoms with Gasteiger partial charge in [-0.3, -0.25) is 0 Å². The molecule has 1 aromatic carbocycles. The van der Waals surface area contributed by atoms with Crippen LogP contribution < -0.4 is 0 Å². The van der Waals surface area contributed by atoms with Crippen LogP contribution >= 0.6 is 0 Å². The van der Waals surface area contributed by atoms with Gasteiger partial charge in [0, 0.05) is 0 Å². The molecule has 3 nitrogen and oxygen atoms in total. The Morgan fingerprint density at radius 1 is 1.65 bits per heavy atom. The zero-order valence-corrected chi connectivity index (χ0v) is 9.94. The van der Waals surface area contributed by atoms with Crippen LogP contribution in [0.5, 0.6) is 0 Å². The third-order valence-corrected chi connectivity index (χ3v) is 2.78. The summed E-state index contributed by atoms with van der Waals surface area (Å²) in [6.45, 7) is 6.74. The summed E-state index contributed by atoms with van der Waals surface area (Å²) in [6, 6.07) is 5.65. The number of rotatable bonds is 5. The first-order valence-corrected chi connectivity index (χ1v) is 5.70. The van der Waals surface area contributed by atoms with E-state index in [1.165, 1.54) is 0 Å². The molecule has 0 amide bonds. The van der Waals surface area contributed by atoms with E-state index in [1.54, 1.807) is 12.1 Å². The van der Waals surface area contributed by atoms with E-state index >= 15 is 0 Å². The minimum atomic E-state index is -0.277. The van der Waals surface area contributed by atoms with Crippen LogP contribution in [0.2, 0.25) is 0 Å². The number of carbonyl (C=O) groups excluding carboxylic acids is 1. The monoisotopic (exact) mass is 232 g/mol. The molecule has 1 aliphatic heterocycles. The number of epoxide rings is 1. The molecule has 17 heavy (non-hydrogen) atoms. The molecule has 0 aromatic heterocycles. The fourth-order valence-corrected chi connectivity index (χ4v) is 1.72. The molecule has 3 heteroatoms. The summed E-state index contributed by atoms with van der Waals surface area (Å²) in [5, 5.41) is 0. The van der Waals surface area contributed by atoms with Crippen molar-refractivity contribution in [2.75, 3.05) is 13.2 Å². The summed E-state index contributed by atoms with van der Waals surface area (Å²) in [6.07, 6.45) is 2.58. The Morgan fingerprint density at radius 2 is 2.41 bits per heavy atom. The van der Waals surface area contributed by atoms with E-state index < -0.39 is 0 Å². The lowest BCUT2D eigenvalue weighted by molar-refractivity contribution is 0.0475. The van der Waals surface area contributed by atoms with Crippen molar-refractivity contribution in [3.8, 4) is 0 Å². The molecule has 0 aliphatic carbocycles. The van der Waals surface area contributed by atoms with E-state index in [-0.39, 0.29) is 12.1 Å².